The standard InChI is InChI=1S/C29H40N4O6/c1-31(20-23-8-9-27(34)30-23)19-21-6-5-7-24(16-21)39-15-14-32-10-12-33(13-11-32)29(35)22-17-25(36-2)28(38-4)26(18-22)37-3/h5-7,16-18,23H,8-15,19-20H2,1-4H3,(H,30,34)/t23-/m1/s1. The molecule has 0 spiro atoms. The second-order valence-corrected chi connectivity index (χ2v) is 10.0. The minimum Gasteiger partial charge on any atom is -0.493 e. The molecule has 2 fully saturated rings. The summed E-state index contributed by atoms with van der Waals surface area (Å²) in [4.78, 5) is 31.0. The van der Waals surface area contributed by atoms with E-state index in [1.807, 2.05) is 17.0 Å². The van der Waals surface area contributed by atoms with Gasteiger partial charge in [-0.3, -0.25) is 14.5 Å². The summed E-state index contributed by atoms with van der Waals surface area (Å²) in [7, 11) is 6.70. The van der Waals surface area contributed by atoms with Gasteiger partial charge in [0, 0.05) is 63.8 Å². The summed E-state index contributed by atoms with van der Waals surface area (Å²) >= 11 is 0. The average Bonchev–Trinajstić information content (AvgIpc) is 3.36. The lowest BCUT2D eigenvalue weighted by molar-refractivity contribution is -0.119. The van der Waals surface area contributed by atoms with Crippen molar-refractivity contribution in [1.82, 2.24) is 20.0 Å². The molecule has 0 unspecified atom stereocenters. The monoisotopic (exact) mass is 540 g/mol. The fraction of sp³-hybridized carbons (Fsp3) is 0.517. The van der Waals surface area contributed by atoms with Gasteiger partial charge in [0.25, 0.3) is 5.91 Å². The van der Waals surface area contributed by atoms with Crippen molar-refractivity contribution in [2.75, 3.05) is 74.3 Å². The van der Waals surface area contributed by atoms with E-state index in [4.69, 9.17) is 18.9 Å². The number of methoxy groups -OCH3 is 3. The molecule has 2 amide bonds. The Morgan fingerprint density at radius 2 is 1.74 bits per heavy atom. The summed E-state index contributed by atoms with van der Waals surface area (Å²) in [6.07, 6.45) is 1.53. The van der Waals surface area contributed by atoms with Gasteiger partial charge >= 0.3 is 0 Å². The predicted molar refractivity (Wildman–Crippen MR) is 148 cm³/mol. The molecule has 212 valence electrons. The van der Waals surface area contributed by atoms with Crippen molar-refractivity contribution < 1.29 is 28.5 Å². The molecular formula is C29H40N4O6. The molecule has 0 aliphatic carbocycles. The van der Waals surface area contributed by atoms with E-state index in [1.165, 1.54) is 5.56 Å². The number of nitrogens with one attached hydrogen (secondary N) is 1. The Morgan fingerprint density at radius 3 is 2.36 bits per heavy atom. The Morgan fingerprint density at radius 1 is 1.03 bits per heavy atom. The van der Waals surface area contributed by atoms with Crippen LogP contribution in [0.5, 0.6) is 23.0 Å². The second kappa shape index (κ2) is 13.5. The number of hydrogen-bond acceptors (Lipinski definition) is 8. The number of amides is 2. The van der Waals surface area contributed by atoms with E-state index >= 15 is 0 Å². The molecule has 2 aromatic carbocycles. The van der Waals surface area contributed by atoms with Gasteiger partial charge in [0.2, 0.25) is 11.7 Å². The van der Waals surface area contributed by atoms with Crippen LogP contribution < -0.4 is 24.3 Å². The van der Waals surface area contributed by atoms with Crippen LogP contribution in [-0.2, 0) is 11.3 Å². The van der Waals surface area contributed by atoms with Crippen LogP contribution in [0.3, 0.4) is 0 Å². The summed E-state index contributed by atoms with van der Waals surface area (Å²) in [6, 6.07) is 11.8. The highest BCUT2D eigenvalue weighted by molar-refractivity contribution is 5.95. The number of nitrogens with zero attached hydrogens (tertiary/aromatic N) is 3. The van der Waals surface area contributed by atoms with E-state index in [0.29, 0.717) is 48.9 Å². The van der Waals surface area contributed by atoms with Crippen LogP contribution >= 0.6 is 0 Å². The van der Waals surface area contributed by atoms with E-state index in [1.54, 1.807) is 33.5 Å². The summed E-state index contributed by atoms with van der Waals surface area (Å²) in [5, 5.41) is 3.03. The first kappa shape index (κ1) is 28.5. The molecule has 10 heteroatoms. The molecule has 0 bridgehead atoms. The Kier molecular flexibility index (Phi) is 9.89. The van der Waals surface area contributed by atoms with Gasteiger partial charge in [-0.05, 0) is 43.3 Å². The molecule has 2 aliphatic heterocycles. The van der Waals surface area contributed by atoms with Crippen molar-refractivity contribution in [2.45, 2.75) is 25.4 Å². The molecule has 2 aliphatic rings. The van der Waals surface area contributed by atoms with Crippen molar-refractivity contribution in [3.63, 3.8) is 0 Å². The largest absolute Gasteiger partial charge is 0.493 e. The molecule has 1 N–H and O–H groups in total. The van der Waals surface area contributed by atoms with Crippen molar-refractivity contribution in [3.05, 3.63) is 47.5 Å². The summed E-state index contributed by atoms with van der Waals surface area (Å²) in [5.74, 6) is 2.35. The molecule has 1 atom stereocenters. The Balaban J connectivity index is 1.21. The van der Waals surface area contributed by atoms with Gasteiger partial charge in [0.1, 0.15) is 12.4 Å². The van der Waals surface area contributed by atoms with Crippen LogP contribution in [0.15, 0.2) is 36.4 Å². The van der Waals surface area contributed by atoms with E-state index in [2.05, 4.69) is 34.3 Å². The summed E-state index contributed by atoms with van der Waals surface area (Å²) in [5.41, 5.74) is 1.69. The SMILES string of the molecule is COc1cc(C(=O)N2CCN(CCOc3cccc(CN(C)C[C@H]4CCC(=O)N4)c3)CC2)cc(OC)c1OC. The van der Waals surface area contributed by atoms with Crippen molar-refractivity contribution in [1.29, 1.82) is 0 Å². The van der Waals surface area contributed by atoms with Gasteiger partial charge < -0.3 is 34.1 Å². The normalized spacial score (nSPS) is 17.7. The summed E-state index contributed by atoms with van der Waals surface area (Å²) < 4.78 is 22.2. The van der Waals surface area contributed by atoms with Crippen LogP contribution in [0, 0.1) is 0 Å². The van der Waals surface area contributed by atoms with Crippen LogP contribution in [0.2, 0.25) is 0 Å². The van der Waals surface area contributed by atoms with Gasteiger partial charge in [-0.1, -0.05) is 12.1 Å². The quantitative estimate of drug-likeness (QED) is 0.438. The third-order valence-corrected chi connectivity index (χ3v) is 7.22. The lowest BCUT2D eigenvalue weighted by atomic mass is 10.1. The smallest absolute Gasteiger partial charge is 0.254 e. The van der Waals surface area contributed by atoms with Crippen molar-refractivity contribution >= 4 is 11.8 Å². The Labute approximate surface area is 230 Å². The molecule has 2 heterocycles. The third kappa shape index (κ3) is 7.54. The maximum absolute atomic E-state index is 13.2. The molecule has 4 rings (SSSR count). The molecule has 39 heavy (non-hydrogen) atoms. The molecule has 0 aromatic heterocycles. The predicted octanol–water partition coefficient (Wildman–Crippen LogP) is 2.26. The molecule has 0 saturated carbocycles. The number of piperazine rings is 1. The third-order valence-electron chi connectivity index (χ3n) is 7.22. The Bertz CT molecular complexity index is 1110. The van der Waals surface area contributed by atoms with E-state index in [-0.39, 0.29) is 17.9 Å². The van der Waals surface area contributed by atoms with Crippen LogP contribution in [0.1, 0.15) is 28.8 Å². The van der Waals surface area contributed by atoms with E-state index in [9.17, 15) is 9.59 Å². The number of rotatable bonds is 12. The number of carbonyl (C=O) groups is 2. The van der Waals surface area contributed by atoms with Gasteiger partial charge in [-0.25, -0.2) is 0 Å². The van der Waals surface area contributed by atoms with E-state index < -0.39 is 0 Å². The minimum absolute atomic E-state index is 0.0535. The number of ether oxygens (including phenoxy) is 4. The van der Waals surface area contributed by atoms with Crippen LogP contribution in [0.4, 0.5) is 0 Å². The second-order valence-electron chi connectivity index (χ2n) is 10.0. The molecule has 0 radical (unpaired) electrons. The highest BCUT2D eigenvalue weighted by atomic mass is 16.5. The molecule has 10 nitrogen and oxygen atoms in total. The number of hydrogen-bond donors (Lipinski definition) is 1. The number of benzene rings is 2. The van der Waals surface area contributed by atoms with E-state index in [0.717, 1.165) is 44.9 Å². The maximum atomic E-state index is 13.2. The average molecular weight is 541 g/mol. The molecular weight excluding hydrogens is 500 g/mol. The van der Waals surface area contributed by atoms with Crippen LogP contribution in [-0.4, -0.2) is 107 Å². The first-order chi connectivity index (χ1) is 18.9. The van der Waals surface area contributed by atoms with Crippen LogP contribution in [0.25, 0.3) is 0 Å². The van der Waals surface area contributed by atoms with Gasteiger partial charge in [-0.15, -0.1) is 0 Å². The zero-order chi connectivity index (χ0) is 27.8. The maximum Gasteiger partial charge on any atom is 0.254 e. The highest BCUT2D eigenvalue weighted by Gasteiger charge is 2.25. The van der Waals surface area contributed by atoms with Gasteiger partial charge in [-0.2, -0.15) is 0 Å². The minimum atomic E-state index is -0.0535. The molecule has 2 saturated heterocycles. The lowest BCUT2D eigenvalue weighted by Gasteiger charge is -2.34. The zero-order valence-electron chi connectivity index (χ0n) is 23.4. The first-order valence-corrected chi connectivity index (χ1v) is 13.4. The molecule has 2 aromatic rings. The topological polar surface area (TPSA) is 92.8 Å². The van der Waals surface area contributed by atoms with Gasteiger partial charge in [0.05, 0.1) is 21.3 Å². The van der Waals surface area contributed by atoms with Crippen molar-refractivity contribution in [3.8, 4) is 23.0 Å². The fourth-order valence-electron chi connectivity index (χ4n) is 5.15. The fourth-order valence-corrected chi connectivity index (χ4v) is 5.15. The van der Waals surface area contributed by atoms with Gasteiger partial charge in [0.15, 0.2) is 11.5 Å². The number of carbonyl (C=O) groups excluding carboxylic acids is 2. The number of likely N-dealkylation sites (N-methyl/N-ethyl adjacent to an activating group) is 1. The zero-order valence-corrected chi connectivity index (χ0v) is 23.4. The highest BCUT2D eigenvalue weighted by Crippen LogP contribution is 2.38. The summed E-state index contributed by atoms with van der Waals surface area (Å²) in [6.45, 7) is 5.84. The Hall–Kier alpha value is -3.50. The lowest BCUT2D eigenvalue weighted by Crippen LogP contribution is -2.49. The van der Waals surface area contributed by atoms with Crippen molar-refractivity contribution in [2.24, 2.45) is 0 Å². The first-order valence-electron chi connectivity index (χ1n) is 13.4.